The first-order valence-corrected chi connectivity index (χ1v) is 11.6. The SMILES string of the molecule is COc1ccc(-n2c(C)nnc2SCC(=O)N(Cc2ccccc2)CC2CCC2)cc1. The van der Waals surface area contributed by atoms with Crippen LogP contribution in [-0.4, -0.2) is 45.0 Å². The lowest BCUT2D eigenvalue weighted by Gasteiger charge is -2.32. The molecule has 1 heterocycles. The molecule has 0 aliphatic heterocycles. The highest BCUT2D eigenvalue weighted by atomic mass is 32.2. The van der Waals surface area contributed by atoms with Gasteiger partial charge in [0.15, 0.2) is 5.16 Å². The van der Waals surface area contributed by atoms with Crippen molar-refractivity contribution in [1.82, 2.24) is 19.7 Å². The molecule has 2 aromatic carbocycles. The molecule has 0 N–H and O–H groups in total. The zero-order chi connectivity index (χ0) is 21.6. The van der Waals surface area contributed by atoms with Gasteiger partial charge < -0.3 is 9.64 Å². The molecule has 1 aliphatic rings. The number of hydrogen-bond donors (Lipinski definition) is 0. The normalized spacial score (nSPS) is 13.6. The van der Waals surface area contributed by atoms with E-state index < -0.39 is 0 Å². The van der Waals surface area contributed by atoms with Crippen LogP contribution in [0.3, 0.4) is 0 Å². The number of hydrogen-bond acceptors (Lipinski definition) is 5. The Morgan fingerprint density at radius 2 is 1.87 bits per heavy atom. The quantitative estimate of drug-likeness (QED) is 0.462. The molecule has 0 atom stereocenters. The van der Waals surface area contributed by atoms with E-state index >= 15 is 0 Å². The van der Waals surface area contributed by atoms with Gasteiger partial charge in [0, 0.05) is 18.8 Å². The number of thioether (sulfide) groups is 1. The van der Waals surface area contributed by atoms with Gasteiger partial charge in [-0.2, -0.15) is 0 Å². The summed E-state index contributed by atoms with van der Waals surface area (Å²) in [5.74, 6) is 2.70. The molecule has 1 amide bonds. The van der Waals surface area contributed by atoms with Crippen LogP contribution in [0.2, 0.25) is 0 Å². The molecular weight excluding hydrogens is 408 g/mol. The second kappa shape index (κ2) is 10.0. The predicted octanol–water partition coefficient (Wildman–Crippen LogP) is 4.51. The van der Waals surface area contributed by atoms with E-state index in [-0.39, 0.29) is 5.91 Å². The van der Waals surface area contributed by atoms with Gasteiger partial charge in [0.25, 0.3) is 0 Å². The molecule has 1 fully saturated rings. The van der Waals surface area contributed by atoms with Crippen LogP contribution < -0.4 is 4.74 Å². The number of methoxy groups -OCH3 is 1. The van der Waals surface area contributed by atoms with Crippen LogP contribution in [-0.2, 0) is 11.3 Å². The van der Waals surface area contributed by atoms with Gasteiger partial charge in [0.05, 0.1) is 12.9 Å². The van der Waals surface area contributed by atoms with Crippen molar-refractivity contribution < 1.29 is 9.53 Å². The lowest BCUT2D eigenvalue weighted by atomic mass is 9.85. The third-order valence-corrected chi connectivity index (χ3v) is 6.64. The number of rotatable bonds is 9. The van der Waals surface area contributed by atoms with Gasteiger partial charge >= 0.3 is 0 Å². The van der Waals surface area contributed by atoms with Crippen molar-refractivity contribution in [2.45, 2.75) is 37.9 Å². The van der Waals surface area contributed by atoms with Gasteiger partial charge in [-0.15, -0.1) is 10.2 Å². The van der Waals surface area contributed by atoms with Gasteiger partial charge in [-0.3, -0.25) is 9.36 Å². The molecule has 31 heavy (non-hydrogen) atoms. The fourth-order valence-electron chi connectivity index (χ4n) is 3.73. The van der Waals surface area contributed by atoms with Crippen molar-refractivity contribution in [2.24, 2.45) is 5.92 Å². The second-order valence-electron chi connectivity index (χ2n) is 7.91. The van der Waals surface area contributed by atoms with E-state index in [1.54, 1.807) is 7.11 Å². The number of amides is 1. The van der Waals surface area contributed by atoms with Crippen molar-refractivity contribution in [1.29, 1.82) is 0 Å². The minimum absolute atomic E-state index is 0.141. The summed E-state index contributed by atoms with van der Waals surface area (Å²) >= 11 is 1.44. The Labute approximate surface area is 187 Å². The molecule has 0 radical (unpaired) electrons. The summed E-state index contributed by atoms with van der Waals surface area (Å²) < 4.78 is 7.23. The molecule has 1 saturated carbocycles. The zero-order valence-corrected chi connectivity index (χ0v) is 18.8. The van der Waals surface area contributed by atoms with Gasteiger partial charge in [-0.1, -0.05) is 48.5 Å². The summed E-state index contributed by atoms with van der Waals surface area (Å²) in [5.41, 5.74) is 2.12. The molecule has 3 aromatic rings. The number of nitrogens with zero attached hydrogens (tertiary/aromatic N) is 4. The maximum Gasteiger partial charge on any atom is 0.233 e. The maximum absolute atomic E-state index is 13.2. The van der Waals surface area contributed by atoms with Gasteiger partial charge in [0.2, 0.25) is 5.91 Å². The van der Waals surface area contributed by atoms with Crippen LogP contribution >= 0.6 is 11.8 Å². The van der Waals surface area contributed by atoms with Crippen LogP contribution in [0, 0.1) is 12.8 Å². The molecular formula is C24H28N4O2S. The molecule has 7 heteroatoms. The van der Waals surface area contributed by atoms with Crippen molar-refractivity contribution in [3.63, 3.8) is 0 Å². The molecule has 162 valence electrons. The van der Waals surface area contributed by atoms with Crippen LogP contribution in [0.15, 0.2) is 59.8 Å². The lowest BCUT2D eigenvalue weighted by molar-refractivity contribution is -0.130. The molecule has 6 nitrogen and oxygen atoms in total. The van der Waals surface area contributed by atoms with E-state index in [9.17, 15) is 4.79 Å². The van der Waals surface area contributed by atoms with Crippen LogP contribution in [0.1, 0.15) is 30.7 Å². The van der Waals surface area contributed by atoms with Gasteiger partial charge in [-0.05, 0) is 55.5 Å². The van der Waals surface area contributed by atoms with Crippen molar-refractivity contribution in [2.75, 3.05) is 19.4 Å². The molecule has 0 bridgehead atoms. The Bertz CT molecular complexity index is 1000. The second-order valence-corrected chi connectivity index (χ2v) is 8.85. The first-order chi connectivity index (χ1) is 15.1. The summed E-state index contributed by atoms with van der Waals surface area (Å²) in [4.78, 5) is 15.2. The lowest BCUT2D eigenvalue weighted by Crippen LogP contribution is -2.38. The Morgan fingerprint density at radius 3 is 2.52 bits per heavy atom. The van der Waals surface area contributed by atoms with Gasteiger partial charge in [-0.25, -0.2) is 0 Å². The standard InChI is InChI=1S/C24H28N4O2S/c1-18-25-26-24(28(18)21-11-13-22(30-2)14-12-21)31-17-23(29)27(16-20-9-6-10-20)15-19-7-4-3-5-8-19/h3-5,7-8,11-14,20H,6,9-10,15-17H2,1-2H3. The minimum atomic E-state index is 0.141. The average molecular weight is 437 g/mol. The largest absolute Gasteiger partial charge is 0.497 e. The summed E-state index contributed by atoms with van der Waals surface area (Å²) in [7, 11) is 1.65. The van der Waals surface area contributed by atoms with Crippen molar-refractivity contribution in [3.8, 4) is 11.4 Å². The smallest absolute Gasteiger partial charge is 0.233 e. The third kappa shape index (κ3) is 5.28. The van der Waals surface area contributed by atoms with E-state index in [0.29, 0.717) is 18.2 Å². The number of ether oxygens (including phenoxy) is 1. The number of aryl methyl sites for hydroxylation is 1. The fraction of sp³-hybridized carbons (Fsp3) is 0.375. The number of aromatic nitrogens is 3. The number of carbonyl (C=O) groups excluding carboxylic acids is 1. The molecule has 1 aromatic heterocycles. The topological polar surface area (TPSA) is 60.2 Å². The summed E-state index contributed by atoms with van der Waals surface area (Å²) in [6.45, 7) is 3.40. The average Bonchev–Trinajstić information content (AvgIpc) is 3.14. The number of benzene rings is 2. The van der Waals surface area contributed by atoms with E-state index in [2.05, 4.69) is 22.3 Å². The molecule has 0 saturated heterocycles. The predicted molar refractivity (Wildman–Crippen MR) is 123 cm³/mol. The highest BCUT2D eigenvalue weighted by Gasteiger charge is 2.24. The first kappa shape index (κ1) is 21.4. The van der Waals surface area contributed by atoms with Crippen LogP contribution in [0.5, 0.6) is 5.75 Å². The Morgan fingerprint density at radius 1 is 1.13 bits per heavy atom. The minimum Gasteiger partial charge on any atom is -0.497 e. The molecule has 0 unspecified atom stereocenters. The van der Waals surface area contributed by atoms with Crippen LogP contribution in [0.25, 0.3) is 5.69 Å². The highest BCUT2D eigenvalue weighted by molar-refractivity contribution is 7.99. The van der Waals surface area contributed by atoms with Crippen molar-refractivity contribution >= 4 is 17.7 Å². The maximum atomic E-state index is 13.2. The Balaban J connectivity index is 1.45. The van der Waals surface area contributed by atoms with E-state index in [0.717, 1.165) is 34.5 Å². The molecule has 4 rings (SSSR count). The molecule has 0 spiro atoms. The summed E-state index contributed by atoms with van der Waals surface area (Å²) in [6, 6.07) is 18.0. The Kier molecular flexibility index (Phi) is 6.92. The first-order valence-electron chi connectivity index (χ1n) is 10.6. The summed E-state index contributed by atoms with van der Waals surface area (Å²) in [5, 5.41) is 9.27. The zero-order valence-electron chi connectivity index (χ0n) is 18.0. The monoisotopic (exact) mass is 436 g/mol. The number of carbonyl (C=O) groups is 1. The fourth-order valence-corrected chi connectivity index (χ4v) is 4.63. The van der Waals surface area contributed by atoms with E-state index in [1.807, 2.05) is 58.9 Å². The summed E-state index contributed by atoms with van der Waals surface area (Å²) in [6.07, 6.45) is 3.71. The Hall–Kier alpha value is -2.80. The third-order valence-electron chi connectivity index (χ3n) is 5.72. The van der Waals surface area contributed by atoms with Crippen molar-refractivity contribution in [3.05, 3.63) is 66.0 Å². The van der Waals surface area contributed by atoms with Gasteiger partial charge in [0.1, 0.15) is 11.6 Å². The molecule has 1 aliphatic carbocycles. The highest BCUT2D eigenvalue weighted by Crippen LogP contribution is 2.29. The van der Waals surface area contributed by atoms with Crippen LogP contribution in [0.4, 0.5) is 0 Å². The van der Waals surface area contributed by atoms with E-state index in [1.165, 1.54) is 31.0 Å². The van der Waals surface area contributed by atoms with E-state index in [4.69, 9.17) is 4.74 Å².